The molecule has 0 unspecified atom stereocenters. The summed E-state index contributed by atoms with van der Waals surface area (Å²) in [6.45, 7) is 3.60. The molecule has 9 heteroatoms. The largest absolute Gasteiger partial charge is 0.726 e. The van der Waals surface area contributed by atoms with Crippen LogP contribution in [0.4, 0.5) is 5.69 Å². The third-order valence-corrected chi connectivity index (χ3v) is 4.20. The van der Waals surface area contributed by atoms with Gasteiger partial charge in [-0.25, -0.2) is 8.42 Å². The highest BCUT2D eigenvalue weighted by Gasteiger charge is 2.15. The number of carbonyl (C=O) groups excluding carboxylic acids is 1. The molecule has 0 spiro atoms. The van der Waals surface area contributed by atoms with Gasteiger partial charge < -0.3 is 9.87 Å². The van der Waals surface area contributed by atoms with Crippen molar-refractivity contribution in [2.75, 3.05) is 12.4 Å². The maximum atomic E-state index is 11.0. The first-order valence-corrected chi connectivity index (χ1v) is 7.98. The van der Waals surface area contributed by atoms with E-state index in [0.29, 0.717) is 0 Å². The predicted octanol–water partition coefficient (Wildman–Crippen LogP) is 1.09. The molecule has 0 fully saturated rings. The van der Waals surface area contributed by atoms with Crippen LogP contribution >= 0.6 is 11.3 Å². The minimum atomic E-state index is -4.41. The number of amides is 1. The highest BCUT2D eigenvalue weighted by Crippen LogP contribution is 2.27. The molecule has 1 heterocycles. The molecule has 0 bridgehead atoms. The van der Waals surface area contributed by atoms with Crippen molar-refractivity contribution in [2.45, 2.75) is 13.8 Å². The van der Waals surface area contributed by atoms with Gasteiger partial charge in [0.05, 0.1) is 12.8 Å². The van der Waals surface area contributed by atoms with E-state index in [1.807, 2.05) is 19.2 Å². The zero-order valence-corrected chi connectivity index (χ0v) is 13.7. The molecule has 1 aromatic carbocycles. The Labute approximate surface area is 127 Å². The molecule has 1 amide bonds. The van der Waals surface area contributed by atoms with Crippen molar-refractivity contribution >= 4 is 43.5 Å². The Hall–Kier alpha value is -1.55. The van der Waals surface area contributed by atoms with Crippen molar-refractivity contribution in [1.82, 2.24) is 0 Å². The highest BCUT2D eigenvalue weighted by molar-refractivity contribution is 7.80. The lowest BCUT2D eigenvalue weighted by atomic mass is 10.3. The second-order valence-electron chi connectivity index (χ2n) is 4.09. The number of hydrogen-bond acceptors (Lipinski definition) is 6. The summed E-state index contributed by atoms with van der Waals surface area (Å²) in [4.78, 5) is 11.0. The van der Waals surface area contributed by atoms with Crippen molar-refractivity contribution in [2.24, 2.45) is 7.05 Å². The van der Waals surface area contributed by atoms with E-state index in [2.05, 4.69) is 27.1 Å². The van der Waals surface area contributed by atoms with Gasteiger partial charge in [-0.15, -0.1) is 0 Å². The first-order valence-electron chi connectivity index (χ1n) is 5.83. The molecular formula is C12H16N2O5S2. The Morgan fingerprint density at radius 2 is 2.00 bits per heavy atom. The molecule has 0 saturated heterocycles. The first-order chi connectivity index (χ1) is 9.65. The molecule has 2 rings (SSSR count). The van der Waals surface area contributed by atoms with E-state index < -0.39 is 10.4 Å². The Morgan fingerprint density at radius 1 is 1.43 bits per heavy atom. The fourth-order valence-electron chi connectivity index (χ4n) is 1.57. The van der Waals surface area contributed by atoms with Gasteiger partial charge in [-0.1, -0.05) is 17.4 Å². The van der Waals surface area contributed by atoms with Crippen molar-refractivity contribution in [1.29, 1.82) is 0 Å². The molecule has 116 valence electrons. The standard InChI is InChI=1S/C11H12N2OS.CH4O4S/c1-7(14)12-9-5-4-6-10-11(9)15-8(2)13(10)3;1-5-6(2,3)4/h4-6H,1-3H3;1H3,(H,2,3,4). The van der Waals surface area contributed by atoms with Crippen LogP contribution in [0.5, 0.6) is 0 Å². The van der Waals surface area contributed by atoms with Gasteiger partial charge in [0, 0.05) is 19.9 Å². The van der Waals surface area contributed by atoms with Gasteiger partial charge in [0.15, 0.2) is 0 Å². The molecular weight excluding hydrogens is 316 g/mol. The number of nitrogens with zero attached hydrogens (tertiary/aromatic N) is 1. The summed E-state index contributed by atoms with van der Waals surface area (Å²) >= 11 is 1.70. The van der Waals surface area contributed by atoms with Gasteiger partial charge in [0.2, 0.25) is 26.8 Å². The molecule has 0 aliphatic rings. The molecule has 2 aromatic rings. The highest BCUT2D eigenvalue weighted by atomic mass is 32.3. The zero-order chi connectivity index (χ0) is 16.2. The SMILES string of the molecule is CC(=O)Nc1cccc2c1sc(C)[n+]2C.COS(=O)(=O)[O-]. The number of aromatic nitrogens is 1. The van der Waals surface area contributed by atoms with Crippen LogP contribution in [0.15, 0.2) is 18.2 Å². The summed E-state index contributed by atoms with van der Waals surface area (Å²) < 4.78 is 34.3. The van der Waals surface area contributed by atoms with E-state index in [4.69, 9.17) is 0 Å². The predicted molar refractivity (Wildman–Crippen MR) is 78.7 cm³/mol. The van der Waals surface area contributed by atoms with Crippen LogP contribution in [0.1, 0.15) is 11.9 Å². The molecule has 1 N–H and O–H groups in total. The number of benzene rings is 1. The Morgan fingerprint density at radius 3 is 2.48 bits per heavy atom. The summed E-state index contributed by atoms with van der Waals surface area (Å²) in [6.07, 6.45) is 0. The van der Waals surface area contributed by atoms with Crippen LogP contribution in [-0.2, 0) is 26.4 Å². The van der Waals surface area contributed by atoms with Crippen LogP contribution in [0.25, 0.3) is 10.2 Å². The topological polar surface area (TPSA) is 99.4 Å². The van der Waals surface area contributed by atoms with E-state index >= 15 is 0 Å². The Balaban J connectivity index is 0.000000315. The molecule has 1 aromatic heterocycles. The van der Waals surface area contributed by atoms with E-state index in [9.17, 15) is 17.8 Å². The van der Waals surface area contributed by atoms with Crippen LogP contribution in [0, 0.1) is 6.92 Å². The van der Waals surface area contributed by atoms with Gasteiger partial charge in [-0.05, 0) is 6.07 Å². The van der Waals surface area contributed by atoms with Crippen LogP contribution in [0.2, 0.25) is 0 Å². The molecule has 0 saturated carbocycles. The van der Waals surface area contributed by atoms with E-state index in [0.717, 1.165) is 23.0 Å². The second-order valence-corrected chi connectivity index (χ2v) is 6.44. The maximum Gasteiger partial charge on any atom is 0.235 e. The molecule has 0 radical (unpaired) electrons. The number of fused-ring (bicyclic) bond motifs is 1. The lowest BCUT2D eigenvalue weighted by Gasteiger charge is -2.00. The Bertz CT molecular complexity index is 752. The summed E-state index contributed by atoms with van der Waals surface area (Å²) in [5.74, 6) is -0.0313. The average molecular weight is 332 g/mol. The van der Waals surface area contributed by atoms with E-state index in [1.54, 1.807) is 11.3 Å². The molecule has 0 atom stereocenters. The fraction of sp³-hybridized carbons (Fsp3) is 0.333. The molecule has 0 aliphatic heterocycles. The van der Waals surface area contributed by atoms with Crippen LogP contribution in [-0.4, -0.2) is 26.0 Å². The first kappa shape index (κ1) is 17.5. The Kier molecular flexibility index (Phi) is 5.78. The van der Waals surface area contributed by atoms with Gasteiger partial charge in [-0.2, -0.15) is 4.57 Å². The van der Waals surface area contributed by atoms with Gasteiger partial charge in [-0.3, -0.25) is 8.98 Å². The number of thiazole rings is 1. The van der Waals surface area contributed by atoms with Crippen LogP contribution in [0.3, 0.4) is 0 Å². The van der Waals surface area contributed by atoms with E-state index in [-0.39, 0.29) is 5.91 Å². The smallest absolute Gasteiger partial charge is 0.235 e. The zero-order valence-electron chi connectivity index (χ0n) is 12.0. The van der Waals surface area contributed by atoms with Gasteiger partial charge in [0.1, 0.15) is 11.7 Å². The number of nitrogens with one attached hydrogen (secondary N) is 1. The minimum Gasteiger partial charge on any atom is -0.726 e. The summed E-state index contributed by atoms with van der Waals surface area (Å²) in [7, 11) is -1.57. The number of anilines is 1. The lowest BCUT2D eigenvalue weighted by molar-refractivity contribution is -0.646. The third-order valence-electron chi connectivity index (χ3n) is 2.59. The summed E-state index contributed by atoms with van der Waals surface area (Å²) in [5, 5.41) is 4.07. The van der Waals surface area contributed by atoms with Gasteiger partial charge in [0.25, 0.3) is 0 Å². The monoisotopic (exact) mass is 332 g/mol. The quantitative estimate of drug-likeness (QED) is 0.504. The second kappa shape index (κ2) is 6.94. The normalized spacial score (nSPS) is 10.9. The molecule has 0 aliphatic carbocycles. The van der Waals surface area contributed by atoms with Gasteiger partial charge >= 0.3 is 0 Å². The minimum absolute atomic E-state index is 0.0313. The van der Waals surface area contributed by atoms with E-state index in [1.165, 1.54) is 11.9 Å². The lowest BCUT2D eigenvalue weighted by Crippen LogP contribution is -2.28. The molecule has 7 nitrogen and oxygen atoms in total. The number of rotatable bonds is 2. The van der Waals surface area contributed by atoms with Crippen molar-refractivity contribution in [3.63, 3.8) is 0 Å². The average Bonchev–Trinajstić information content (AvgIpc) is 2.67. The molecule has 21 heavy (non-hydrogen) atoms. The number of carbonyl (C=O) groups is 1. The van der Waals surface area contributed by atoms with Crippen molar-refractivity contribution in [3.05, 3.63) is 23.2 Å². The fourth-order valence-corrected chi connectivity index (χ4v) is 2.64. The number of aryl methyl sites for hydroxylation is 2. The third kappa shape index (κ3) is 5.05. The maximum absolute atomic E-state index is 11.0. The van der Waals surface area contributed by atoms with Crippen molar-refractivity contribution in [3.8, 4) is 0 Å². The summed E-state index contributed by atoms with van der Waals surface area (Å²) in [5.41, 5.74) is 2.05. The van der Waals surface area contributed by atoms with Crippen molar-refractivity contribution < 1.29 is 26.5 Å². The summed E-state index contributed by atoms with van der Waals surface area (Å²) in [6, 6.07) is 5.95. The number of hydrogen-bond donors (Lipinski definition) is 1. The van der Waals surface area contributed by atoms with Crippen LogP contribution < -0.4 is 9.88 Å².